The predicted molar refractivity (Wildman–Crippen MR) is 173 cm³/mol. The lowest BCUT2D eigenvalue weighted by Gasteiger charge is -2.51. The Kier molecular flexibility index (Phi) is 6.86. The summed E-state index contributed by atoms with van der Waals surface area (Å²) in [5.74, 6) is 1.12. The first-order valence-corrected chi connectivity index (χ1v) is 16.2. The molecule has 234 valence electrons. The van der Waals surface area contributed by atoms with Crippen LogP contribution in [0.25, 0.3) is 10.9 Å². The van der Waals surface area contributed by atoms with Crippen molar-refractivity contribution in [2.75, 3.05) is 17.4 Å². The van der Waals surface area contributed by atoms with Gasteiger partial charge in [0.05, 0.1) is 22.9 Å². The van der Waals surface area contributed by atoms with Crippen molar-refractivity contribution in [1.82, 2.24) is 14.5 Å². The molecule has 2 bridgehead atoms. The molecule has 5 aliphatic rings. The van der Waals surface area contributed by atoms with Gasteiger partial charge in [0.1, 0.15) is 36.7 Å². The number of benzene rings is 3. The highest BCUT2D eigenvalue weighted by molar-refractivity contribution is 6.17. The highest BCUT2D eigenvalue weighted by Crippen LogP contribution is 2.63. The summed E-state index contributed by atoms with van der Waals surface area (Å²) in [5.41, 5.74) is 1.92. The number of amides is 2. The maximum absolute atomic E-state index is 14.4. The molecule has 1 fully saturated rings. The summed E-state index contributed by atoms with van der Waals surface area (Å²) in [6.07, 6.45) is -0.0536. The van der Waals surface area contributed by atoms with Crippen molar-refractivity contribution in [1.29, 1.82) is 0 Å². The predicted octanol–water partition coefficient (Wildman–Crippen LogP) is 5.48. The molecule has 0 unspecified atom stereocenters. The number of halogens is 1. The molecule has 5 aliphatic heterocycles. The van der Waals surface area contributed by atoms with E-state index < -0.39 is 35.8 Å². The summed E-state index contributed by atoms with van der Waals surface area (Å²) in [6, 6.07) is 22.4. The van der Waals surface area contributed by atoms with E-state index in [2.05, 4.69) is 0 Å². The quantitative estimate of drug-likeness (QED) is 0.259. The lowest BCUT2D eigenvalue weighted by Crippen LogP contribution is -2.61. The van der Waals surface area contributed by atoms with Gasteiger partial charge in [-0.1, -0.05) is 60.7 Å². The largest absolute Gasteiger partial charge is 0.480 e. The van der Waals surface area contributed by atoms with Crippen molar-refractivity contribution in [2.45, 2.75) is 62.5 Å². The van der Waals surface area contributed by atoms with Gasteiger partial charge < -0.3 is 9.47 Å². The average Bonchev–Trinajstić information content (AvgIpc) is 3.53. The van der Waals surface area contributed by atoms with Crippen LogP contribution in [0.1, 0.15) is 55.2 Å². The molecule has 0 aliphatic carbocycles. The zero-order chi connectivity index (χ0) is 31.6. The number of alkyl halides is 1. The molecule has 10 nitrogen and oxygen atoms in total. The second-order valence-electron chi connectivity index (χ2n) is 12.1. The number of aromatic nitrogens is 2. The van der Waals surface area contributed by atoms with Crippen LogP contribution in [-0.4, -0.2) is 57.0 Å². The van der Waals surface area contributed by atoms with Gasteiger partial charge in [0.25, 0.3) is 11.5 Å². The number of rotatable bonds is 6. The second kappa shape index (κ2) is 11.0. The fraction of sp³-hybridized carbons (Fsp3) is 0.343. The van der Waals surface area contributed by atoms with Gasteiger partial charge in [-0.05, 0) is 55.5 Å². The Morgan fingerprint density at radius 1 is 1.02 bits per heavy atom. The summed E-state index contributed by atoms with van der Waals surface area (Å²) < 4.78 is 13.7. The van der Waals surface area contributed by atoms with Crippen LogP contribution in [-0.2, 0) is 26.3 Å². The van der Waals surface area contributed by atoms with E-state index in [0.717, 1.165) is 16.8 Å². The summed E-state index contributed by atoms with van der Waals surface area (Å²) in [5, 5.41) is 0.514. The molecule has 11 heteroatoms. The monoisotopic (exact) mass is 637 g/mol. The molecule has 5 atom stereocenters. The van der Waals surface area contributed by atoms with Crippen molar-refractivity contribution in [3.05, 3.63) is 106 Å². The minimum Gasteiger partial charge on any atom is -0.480 e. The number of para-hydroxylation sites is 2. The summed E-state index contributed by atoms with van der Waals surface area (Å²) >= 11 is 6.12. The van der Waals surface area contributed by atoms with E-state index in [0.29, 0.717) is 54.4 Å². The maximum Gasteiger partial charge on any atom is 0.412 e. The summed E-state index contributed by atoms with van der Waals surface area (Å²) in [4.78, 5) is 56.3. The first-order chi connectivity index (χ1) is 22.5. The van der Waals surface area contributed by atoms with E-state index in [1.54, 1.807) is 20.4 Å². The summed E-state index contributed by atoms with van der Waals surface area (Å²) in [7, 11) is 0. The molecule has 0 radical (unpaired) electrons. The number of hydrogen-bond donors (Lipinski definition) is 0. The van der Waals surface area contributed by atoms with Crippen LogP contribution in [0.2, 0.25) is 0 Å². The van der Waals surface area contributed by atoms with E-state index >= 15 is 0 Å². The van der Waals surface area contributed by atoms with Crippen LogP contribution in [0.5, 0.6) is 0 Å². The Hall–Kier alpha value is -4.70. The number of carbonyl (C=O) groups is 2. The molecule has 9 rings (SSSR count). The molecule has 0 N–H and O–H groups in total. The number of ether oxygens (including phenoxy) is 2. The van der Waals surface area contributed by atoms with Gasteiger partial charge in [0, 0.05) is 11.6 Å². The van der Waals surface area contributed by atoms with Crippen LogP contribution >= 0.6 is 11.6 Å². The highest BCUT2D eigenvalue weighted by atomic mass is 35.5. The van der Waals surface area contributed by atoms with Crippen LogP contribution in [0, 0.1) is 0 Å². The van der Waals surface area contributed by atoms with Gasteiger partial charge in [0.15, 0.2) is 0 Å². The fourth-order valence-electron chi connectivity index (χ4n) is 7.97. The third kappa shape index (κ3) is 3.98. The van der Waals surface area contributed by atoms with Crippen molar-refractivity contribution < 1.29 is 19.1 Å². The zero-order valence-electron chi connectivity index (χ0n) is 25.2. The van der Waals surface area contributed by atoms with E-state index in [-0.39, 0.29) is 18.1 Å². The average molecular weight is 638 g/mol. The number of anilines is 1. The Balaban J connectivity index is 1.33. The lowest BCUT2D eigenvalue weighted by atomic mass is 9.65. The SMILES string of the molecule is CCOC1=N[C@H]2c3nc4ccccc4c(=O)n3[C@@H]1C[C@@]21c2ccccc2N2C(=O)[C@H](CCCCl)N(C(=O)OCc3ccccc3)[C@H]21. The number of nitrogens with zero attached hydrogens (tertiary/aromatic N) is 5. The maximum atomic E-state index is 14.4. The van der Waals surface area contributed by atoms with Gasteiger partial charge in [-0.15, -0.1) is 11.6 Å². The molecule has 46 heavy (non-hydrogen) atoms. The van der Waals surface area contributed by atoms with Crippen molar-refractivity contribution >= 4 is 46.1 Å². The van der Waals surface area contributed by atoms with Gasteiger partial charge >= 0.3 is 6.09 Å². The highest BCUT2D eigenvalue weighted by Gasteiger charge is 2.70. The molecule has 4 aromatic rings. The molecule has 1 aromatic heterocycles. The molecular weight excluding hydrogens is 606 g/mol. The molecule has 1 saturated heterocycles. The van der Waals surface area contributed by atoms with E-state index in [4.69, 9.17) is 31.1 Å². The van der Waals surface area contributed by atoms with Crippen LogP contribution in [0.4, 0.5) is 10.5 Å². The molecule has 2 amide bonds. The topological polar surface area (TPSA) is 106 Å². The normalized spacial score (nSPS) is 25.4. The summed E-state index contributed by atoms with van der Waals surface area (Å²) in [6.45, 7) is 2.32. The minimum atomic E-state index is -0.930. The van der Waals surface area contributed by atoms with Crippen molar-refractivity contribution in [3.63, 3.8) is 0 Å². The zero-order valence-corrected chi connectivity index (χ0v) is 26.0. The van der Waals surface area contributed by atoms with E-state index in [1.807, 2.05) is 79.7 Å². The van der Waals surface area contributed by atoms with Gasteiger partial charge in [-0.3, -0.25) is 24.0 Å². The van der Waals surface area contributed by atoms with Gasteiger partial charge in [-0.25, -0.2) is 14.8 Å². The van der Waals surface area contributed by atoms with Crippen LogP contribution in [0.15, 0.2) is 88.6 Å². The first-order valence-electron chi connectivity index (χ1n) is 15.7. The molecular formula is C35H32ClN5O5. The Bertz CT molecular complexity index is 1960. The molecule has 1 spiro atoms. The number of aliphatic imine (C=N–C) groups is 1. The number of carbonyl (C=O) groups excluding carboxylic acids is 2. The third-order valence-electron chi connectivity index (χ3n) is 9.76. The van der Waals surface area contributed by atoms with Crippen LogP contribution in [0.3, 0.4) is 0 Å². The molecule has 3 aromatic carbocycles. The smallest absolute Gasteiger partial charge is 0.412 e. The number of fused-ring (bicyclic) bond motifs is 4. The first kappa shape index (κ1) is 28.8. The molecule has 6 heterocycles. The Morgan fingerprint density at radius 3 is 2.59 bits per heavy atom. The third-order valence-corrected chi connectivity index (χ3v) is 10.0. The molecule has 0 saturated carbocycles. The van der Waals surface area contributed by atoms with Crippen LogP contribution < -0.4 is 10.5 Å². The van der Waals surface area contributed by atoms with Gasteiger partial charge in [0.2, 0.25) is 5.90 Å². The minimum absolute atomic E-state index is 0.0593. The van der Waals surface area contributed by atoms with E-state index in [9.17, 15) is 14.4 Å². The van der Waals surface area contributed by atoms with Crippen molar-refractivity contribution in [3.8, 4) is 0 Å². The Morgan fingerprint density at radius 2 is 1.78 bits per heavy atom. The van der Waals surface area contributed by atoms with Gasteiger partial charge in [-0.2, -0.15) is 0 Å². The van der Waals surface area contributed by atoms with Crippen molar-refractivity contribution in [2.24, 2.45) is 4.99 Å². The fourth-order valence-corrected chi connectivity index (χ4v) is 8.13. The second-order valence-corrected chi connectivity index (χ2v) is 12.5. The Labute approximate surface area is 270 Å². The standard InChI is InChI=1S/C35H32ClN5O5/c1-2-45-30-27-19-35(28(38-30)29-37-24-15-8-6-13-22(24)31(42)39(27)29)23-14-7-9-16-25(23)40-32(43)26(17-10-18-36)41(33(35)40)34(44)46-20-21-11-4-3-5-12-21/h3-9,11-16,26-28,33H,2,10,17-20H2,1H3/t26-,27+,28-,33-,35+/m0/s1. The lowest BCUT2D eigenvalue weighted by molar-refractivity contribution is -0.119. The van der Waals surface area contributed by atoms with E-state index in [1.165, 1.54) is 0 Å². The number of hydrogen-bond acceptors (Lipinski definition) is 7.